The second-order valence-corrected chi connectivity index (χ2v) is 35.8. The van der Waals surface area contributed by atoms with E-state index in [1.54, 1.807) is 83.3 Å². The number of rotatable bonds is 13. The lowest BCUT2D eigenvalue weighted by Crippen LogP contribution is -2.38. The lowest BCUT2D eigenvalue weighted by atomic mass is 9.95. The molecule has 6 aliphatic heterocycles. The highest BCUT2D eigenvalue weighted by Crippen LogP contribution is 2.40. The first-order valence-electron chi connectivity index (χ1n) is 45.7. The molecule has 0 aliphatic carbocycles. The Hall–Kier alpha value is -14.1. The molecule has 6 aliphatic rings. The number of halogens is 6. The van der Waals surface area contributed by atoms with Crippen LogP contribution in [0.3, 0.4) is 0 Å². The lowest BCUT2D eigenvalue weighted by molar-refractivity contribution is -0.122. The maximum Gasteiger partial charge on any atom is 0.266 e. The predicted octanol–water partition coefficient (Wildman–Crippen LogP) is 17.4. The molecule has 4 N–H and O–H groups in total. The van der Waals surface area contributed by atoms with Crippen LogP contribution in [0, 0.1) is 25.6 Å². The van der Waals surface area contributed by atoms with Crippen LogP contribution in [-0.4, -0.2) is 220 Å². The summed E-state index contributed by atoms with van der Waals surface area (Å²) in [6, 6.07) is 52.9. The first-order chi connectivity index (χ1) is 66.8. The van der Waals surface area contributed by atoms with E-state index >= 15 is 0 Å². The van der Waals surface area contributed by atoms with E-state index in [1.807, 2.05) is 159 Å². The van der Waals surface area contributed by atoms with Crippen molar-refractivity contribution in [2.24, 2.45) is 11.7 Å². The normalized spacial score (nSPS) is 16.5. The number of morpholine rings is 1. The third-order valence-corrected chi connectivity index (χ3v) is 26.1. The summed E-state index contributed by atoms with van der Waals surface area (Å²) in [5.74, 6) is 1.59. The highest BCUT2D eigenvalue weighted by Gasteiger charge is 2.40. The second-order valence-electron chi connectivity index (χ2n) is 34.5. The van der Waals surface area contributed by atoms with Crippen LogP contribution in [0.5, 0.6) is 0 Å². The Kier molecular flexibility index (Phi) is 27.7. The number of carbonyl (C=O) groups excluding carboxylic acids is 1. The molecule has 19 heterocycles. The molecule has 36 heteroatoms. The van der Waals surface area contributed by atoms with Gasteiger partial charge >= 0.3 is 0 Å². The fourth-order valence-corrected chi connectivity index (χ4v) is 18.4. The van der Waals surface area contributed by atoms with Crippen molar-refractivity contribution >= 4 is 135 Å². The number of aryl methyl sites for hydroxylation is 2. The molecular weight excluding hydrogens is 1810 g/mol. The number of anilines is 5. The summed E-state index contributed by atoms with van der Waals surface area (Å²) in [5.41, 5.74) is 20.0. The Bertz CT molecular complexity index is 6900. The summed E-state index contributed by atoms with van der Waals surface area (Å²) in [6.45, 7) is 13.4. The summed E-state index contributed by atoms with van der Waals surface area (Å²) in [4.78, 5) is 51.6. The Balaban J connectivity index is 0.000000105. The fourth-order valence-electron chi connectivity index (χ4n) is 18.0. The minimum Gasteiger partial charge on any atom is -0.393 e. The van der Waals surface area contributed by atoms with Crippen molar-refractivity contribution in [3.63, 3.8) is 0 Å². The number of amides is 1. The average molecular weight is 1910 g/mol. The number of carbonyl (C=O) groups is 1. The topological polar surface area (TPSA) is 315 Å². The van der Waals surface area contributed by atoms with Gasteiger partial charge in [-0.2, -0.15) is 5.10 Å². The van der Waals surface area contributed by atoms with Gasteiger partial charge in [-0.15, -0.1) is 25.5 Å². The third-order valence-electron chi connectivity index (χ3n) is 25.3. The SMILES string of the molecule is Cc1ccc(-n2nc(C3CCOCC3)c3ccncc32)cn1.Cc1ccc(-n2nc(N3CCC(C(N)=O)CC3)c3ccncc32)cc1.FC1(F)CCN(c2nn(-c3ccc(Cl)cc3)c3cnccc23)C1.Fc1ccc(-n2nc(N3CCOCC3)c3ccncc32)cc1.OC1CCN(c2nn(-c3ccc(Cl)cc3)c3cnccc23)C1.OC1CCN(c2nn(-c3ccc(Cl)cc3)c3cnccc23)CC1. The number of alkyl halides is 2. The Morgan fingerprint density at radius 1 is 0.372 bits per heavy atom. The van der Waals surface area contributed by atoms with E-state index in [1.165, 1.54) is 23.1 Å². The lowest BCUT2D eigenvalue weighted by Gasteiger charge is -2.30. The maximum absolute atomic E-state index is 13.6. The van der Waals surface area contributed by atoms with E-state index in [2.05, 4.69) is 103 Å². The first-order valence-corrected chi connectivity index (χ1v) is 46.8. The molecule has 0 radical (unpaired) electrons. The number of ether oxygens (including phenoxy) is 2. The number of β-amino-alcohol motifs (C(OH)–C–C–N with tert-alkyl or cyclic N) is 1. The van der Waals surface area contributed by atoms with Crippen molar-refractivity contribution in [1.29, 1.82) is 0 Å². The first kappa shape index (κ1) is 92.0. The predicted molar refractivity (Wildman–Crippen MR) is 527 cm³/mol. The van der Waals surface area contributed by atoms with Gasteiger partial charge in [-0.05, 0) is 217 Å². The molecule has 137 heavy (non-hydrogen) atoms. The molecule has 6 fully saturated rings. The monoisotopic (exact) mass is 1900 g/mol. The number of piperidine rings is 2. The average Bonchev–Trinajstić information content (AvgIpc) is 1.67. The summed E-state index contributed by atoms with van der Waals surface area (Å²) in [6.07, 6.45) is 28.6. The number of benzene rings is 5. The van der Waals surface area contributed by atoms with Crippen LogP contribution in [0.15, 0.2) is 250 Å². The molecule has 0 saturated carbocycles. The number of aliphatic hydroxyl groups excluding tert-OH is 2. The molecule has 5 aromatic carbocycles. The quantitative estimate of drug-likeness (QED) is 0.0965. The number of nitrogens with zero attached hydrogens (tertiary/aromatic N) is 24. The van der Waals surface area contributed by atoms with Crippen LogP contribution in [0.2, 0.25) is 15.1 Å². The molecule has 13 aromatic heterocycles. The van der Waals surface area contributed by atoms with Gasteiger partial charge in [-0.1, -0.05) is 52.5 Å². The Morgan fingerprint density at radius 3 is 1.09 bits per heavy atom. The number of pyridine rings is 7. The van der Waals surface area contributed by atoms with E-state index in [0.29, 0.717) is 53.1 Å². The highest BCUT2D eigenvalue weighted by atomic mass is 35.5. The zero-order valence-electron chi connectivity index (χ0n) is 75.2. The van der Waals surface area contributed by atoms with Crippen LogP contribution in [0.4, 0.5) is 42.3 Å². The zero-order valence-corrected chi connectivity index (χ0v) is 77.5. The van der Waals surface area contributed by atoms with E-state index in [0.717, 1.165) is 233 Å². The zero-order chi connectivity index (χ0) is 94.2. The Labute approximate surface area is 801 Å². The number of aromatic nitrogens is 19. The van der Waals surface area contributed by atoms with Crippen LogP contribution in [0.25, 0.3) is 99.5 Å². The number of primary amides is 1. The molecule has 18 aromatic rings. The summed E-state index contributed by atoms with van der Waals surface area (Å²) in [5, 5.41) is 56.4. The van der Waals surface area contributed by atoms with Crippen LogP contribution >= 0.6 is 34.8 Å². The number of hydrogen-bond acceptors (Lipinski definition) is 23. The molecule has 24 rings (SSSR count). The fraction of sp³-hybridized carbons (Fsp3) is 0.287. The van der Waals surface area contributed by atoms with Gasteiger partial charge in [0.15, 0.2) is 29.1 Å². The molecular formula is C101H99Cl3F3N25O5. The third kappa shape index (κ3) is 20.6. The van der Waals surface area contributed by atoms with E-state index in [9.17, 15) is 28.2 Å². The van der Waals surface area contributed by atoms with E-state index in [-0.39, 0.29) is 42.8 Å². The molecule has 30 nitrogen and oxygen atoms in total. The minimum atomic E-state index is -2.66. The Morgan fingerprint density at radius 2 is 0.708 bits per heavy atom. The molecule has 1 atom stereocenters. The van der Waals surface area contributed by atoms with Crippen molar-refractivity contribution in [3.05, 3.63) is 288 Å². The van der Waals surface area contributed by atoms with Crippen LogP contribution < -0.4 is 30.2 Å². The van der Waals surface area contributed by atoms with Gasteiger partial charge in [0.1, 0.15) is 5.82 Å². The van der Waals surface area contributed by atoms with Crippen molar-refractivity contribution in [2.75, 3.05) is 116 Å². The summed E-state index contributed by atoms with van der Waals surface area (Å²) in [7, 11) is 0. The number of fused-ring (bicyclic) bond motifs is 6. The molecule has 700 valence electrons. The van der Waals surface area contributed by atoms with E-state index in [4.69, 9.17) is 75.5 Å². The van der Waals surface area contributed by atoms with Gasteiger partial charge in [0, 0.05) is 181 Å². The minimum absolute atomic E-state index is 0.0247. The van der Waals surface area contributed by atoms with Gasteiger partial charge in [0.05, 0.1) is 148 Å². The molecule has 0 bridgehead atoms. The summed E-state index contributed by atoms with van der Waals surface area (Å²) >= 11 is 17.9. The smallest absolute Gasteiger partial charge is 0.266 e. The van der Waals surface area contributed by atoms with Crippen LogP contribution in [0.1, 0.15) is 74.2 Å². The van der Waals surface area contributed by atoms with Crippen molar-refractivity contribution in [1.82, 2.24) is 93.6 Å². The number of nitrogens with two attached hydrogens (primary N) is 1. The van der Waals surface area contributed by atoms with E-state index < -0.39 is 5.92 Å². The number of hydrogen-bond donors (Lipinski definition) is 3. The standard InChI is InChI=1S/C19H21N5O.C17H17ClN4O.C17H18N4O.C16H13ClF2N4.C16H15ClN4O.C16H15FN4O/c1-13-2-4-15(5-3-13)24-17-12-21-9-6-16(17)19(22-24)23-10-7-14(8-11-23)18(20)25;18-12-1-3-13(4-2-12)22-16-11-19-8-5-15(16)17(20-22)21-9-6-14(23)7-10-21;1-12-2-3-14(10-19-12)21-16-11-18-7-4-15(16)17(20-21)13-5-8-22-9-6-13;17-11-1-3-12(4-2-11)23-14-9-20-7-5-13(14)15(21-23)22-8-6-16(18,19)10-22;17-11-1-3-12(4-2-11)21-15-9-18-7-5-14(15)16(19-21)20-8-6-13(22)10-20;17-12-1-3-13(4-2-12)21-15-11-18-6-5-14(15)16(19-21)20-7-9-22-10-8-20/h2-6,9,12,14H,7-8,10-11H2,1H3,(H2,20,25);1-5,8,11,14,23H,6-7,9-10H2;2-4,7,10-11,13H,5-6,8-9H2,1H3;1-5,7,9H,6,8,10H2;1-5,7,9,13,22H,6,8,10H2;1-6,11H,7-10H2. The molecule has 1 amide bonds. The van der Waals surface area contributed by atoms with Crippen molar-refractivity contribution in [3.8, 4) is 34.1 Å². The maximum atomic E-state index is 13.6. The van der Waals surface area contributed by atoms with Gasteiger partial charge < -0.3 is 49.9 Å². The molecule has 6 saturated heterocycles. The van der Waals surface area contributed by atoms with Crippen molar-refractivity contribution < 1.29 is 37.7 Å². The van der Waals surface area contributed by atoms with Gasteiger partial charge in [0.2, 0.25) is 5.91 Å². The molecule has 1 unspecified atom stereocenters. The number of aliphatic hydroxyl groups is 2. The second kappa shape index (κ2) is 41.2. The van der Waals surface area contributed by atoms with Crippen molar-refractivity contribution in [2.45, 2.75) is 89.3 Å². The molecule has 0 spiro atoms. The highest BCUT2D eigenvalue weighted by molar-refractivity contribution is 6.31. The van der Waals surface area contributed by atoms with Crippen LogP contribution in [-0.2, 0) is 14.3 Å². The van der Waals surface area contributed by atoms with Gasteiger partial charge in [0.25, 0.3) is 5.92 Å². The van der Waals surface area contributed by atoms with Gasteiger partial charge in [-0.25, -0.2) is 41.3 Å². The summed E-state index contributed by atoms with van der Waals surface area (Å²) < 4.78 is 62.3. The largest absolute Gasteiger partial charge is 0.393 e. The van der Waals surface area contributed by atoms with Gasteiger partial charge in [-0.3, -0.25) is 39.7 Å².